The molecule has 2 nitrogen and oxygen atoms in total. The Balaban J connectivity index is 2.45. The predicted octanol–water partition coefficient (Wildman–Crippen LogP) is 3.09. The van der Waals surface area contributed by atoms with Gasteiger partial charge in [0.1, 0.15) is 5.76 Å². The summed E-state index contributed by atoms with van der Waals surface area (Å²) in [5.74, 6) is -2.47. The number of allylic oxidation sites excluding steroid dienone is 1. The molecule has 1 aliphatic rings. The topological polar surface area (TPSA) is 37.3 Å². The molecular formula is C10H7F3O2S. The molecule has 0 fully saturated rings. The zero-order valence-corrected chi connectivity index (χ0v) is 8.78. The van der Waals surface area contributed by atoms with Crippen LogP contribution in [0.1, 0.15) is 16.9 Å². The maximum atomic E-state index is 12.2. The molecule has 1 heterocycles. The van der Waals surface area contributed by atoms with Gasteiger partial charge in [-0.15, -0.1) is 11.3 Å². The highest BCUT2D eigenvalue weighted by Gasteiger charge is 2.42. The van der Waals surface area contributed by atoms with E-state index in [0.717, 1.165) is 4.88 Å². The second kappa shape index (κ2) is 3.62. The average Bonchev–Trinajstić information content (AvgIpc) is 2.64. The number of Topliss-reactive ketones (excluding diaryl/α,β-unsaturated/α-hetero) is 1. The van der Waals surface area contributed by atoms with Crippen molar-refractivity contribution in [3.8, 4) is 0 Å². The van der Waals surface area contributed by atoms with Crippen LogP contribution in [0.3, 0.4) is 0 Å². The van der Waals surface area contributed by atoms with Crippen molar-refractivity contribution in [2.75, 3.05) is 0 Å². The molecule has 1 aromatic rings. The second-order valence-corrected chi connectivity index (χ2v) is 4.41. The second-order valence-electron chi connectivity index (χ2n) is 3.41. The summed E-state index contributed by atoms with van der Waals surface area (Å²) in [5.41, 5.74) is -0.178. The van der Waals surface area contributed by atoms with Gasteiger partial charge in [-0.2, -0.15) is 13.2 Å². The number of aliphatic hydroxyl groups is 1. The number of hydrogen-bond donors (Lipinski definition) is 1. The minimum absolute atomic E-state index is 0.0578. The minimum atomic E-state index is -4.92. The van der Waals surface area contributed by atoms with Crippen LogP contribution in [0.15, 0.2) is 17.0 Å². The molecular weight excluding hydrogens is 241 g/mol. The average molecular weight is 248 g/mol. The van der Waals surface area contributed by atoms with Gasteiger partial charge in [0.2, 0.25) is 0 Å². The highest BCUT2D eigenvalue weighted by Crippen LogP contribution is 2.36. The molecule has 1 N–H and O–H groups in total. The third-order valence-electron chi connectivity index (χ3n) is 2.42. The summed E-state index contributed by atoms with van der Waals surface area (Å²) in [4.78, 5) is 11.8. The summed E-state index contributed by atoms with van der Waals surface area (Å²) in [6.07, 6.45) is -4.61. The first-order valence-corrected chi connectivity index (χ1v) is 5.39. The van der Waals surface area contributed by atoms with E-state index in [9.17, 15) is 23.1 Å². The summed E-state index contributed by atoms with van der Waals surface area (Å²) in [6, 6.07) is 1.53. The van der Waals surface area contributed by atoms with E-state index in [1.807, 2.05) is 0 Å². The van der Waals surface area contributed by atoms with E-state index in [-0.39, 0.29) is 6.42 Å². The van der Waals surface area contributed by atoms with Gasteiger partial charge in [0.05, 0.1) is 0 Å². The van der Waals surface area contributed by atoms with Crippen LogP contribution in [-0.4, -0.2) is 17.1 Å². The summed E-state index contributed by atoms with van der Waals surface area (Å²) in [7, 11) is 0. The van der Waals surface area contributed by atoms with Crippen molar-refractivity contribution in [3.05, 3.63) is 27.5 Å². The molecule has 0 spiro atoms. The molecule has 0 unspecified atom stereocenters. The van der Waals surface area contributed by atoms with Gasteiger partial charge in [-0.05, 0) is 24.3 Å². The van der Waals surface area contributed by atoms with Gasteiger partial charge in [0.25, 0.3) is 5.78 Å². The lowest BCUT2D eigenvalue weighted by Gasteiger charge is -2.16. The molecule has 0 radical (unpaired) electrons. The van der Waals surface area contributed by atoms with Crippen molar-refractivity contribution in [2.24, 2.45) is 0 Å². The van der Waals surface area contributed by atoms with Crippen LogP contribution in [0.5, 0.6) is 0 Å². The standard InChI is InChI=1S/C10H7F3O2S/c11-10(12,13)9(15)6-1-2-7-5(8(6)14)3-4-16-7/h3-4,14H,1-2H2. The van der Waals surface area contributed by atoms with E-state index in [1.165, 1.54) is 17.4 Å². The first-order valence-electron chi connectivity index (χ1n) is 4.51. The minimum Gasteiger partial charge on any atom is -0.507 e. The van der Waals surface area contributed by atoms with Crippen molar-refractivity contribution >= 4 is 22.9 Å². The van der Waals surface area contributed by atoms with Gasteiger partial charge in [0, 0.05) is 16.0 Å². The lowest BCUT2D eigenvalue weighted by Crippen LogP contribution is -2.26. The SMILES string of the molecule is O=C(C1=C(O)c2ccsc2CC1)C(F)(F)F. The van der Waals surface area contributed by atoms with Gasteiger partial charge in [-0.3, -0.25) is 4.79 Å². The maximum absolute atomic E-state index is 12.2. The van der Waals surface area contributed by atoms with Crippen molar-refractivity contribution in [2.45, 2.75) is 19.0 Å². The van der Waals surface area contributed by atoms with Gasteiger partial charge in [-0.1, -0.05) is 0 Å². The normalized spacial score (nSPS) is 16.2. The zero-order chi connectivity index (χ0) is 11.9. The number of carbonyl (C=O) groups is 1. The molecule has 0 amide bonds. The van der Waals surface area contributed by atoms with E-state index < -0.39 is 23.3 Å². The number of carbonyl (C=O) groups excluding carboxylic acids is 1. The molecule has 16 heavy (non-hydrogen) atoms. The Bertz CT molecular complexity index is 471. The third kappa shape index (κ3) is 1.73. The van der Waals surface area contributed by atoms with E-state index in [4.69, 9.17) is 0 Å². The number of ketones is 1. The molecule has 0 saturated heterocycles. The Kier molecular flexibility index (Phi) is 2.53. The number of rotatable bonds is 1. The molecule has 86 valence electrons. The maximum Gasteiger partial charge on any atom is 0.454 e. The van der Waals surface area contributed by atoms with Crippen LogP contribution >= 0.6 is 11.3 Å². The quantitative estimate of drug-likeness (QED) is 0.829. The van der Waals surface area contributed by atoms with Crippen LogP contribution in [-0.2, 0) is 11.2 Å². The van der Waals surface area contributed by atoms with E-state index in [1.54, 1.807) is 5.38 Å². The number of fused-ring (bicyclic) bond motifs is 1. The Labute approximate surface area is 93.0 Å². The largest absolute Gasteiger partial charge is 0.507 e. The smallest absolute Gasteiger partial charge is 0.454 e. The molecule has 0 saturated carbocycles. The van der Waals surface area contributed by atoms with Crippen LogP contribution in [0.2, 0.25) is 0 Å². The van der Waals surface area contributed by atoms with Crippen molar-refractivity contribution in [1.82, 2.24) is 0 Å². The van der Waals surface area contributed by atoms with Crippen molar-refractivity contribution in [1.29, 1.82) is 0 Å². The molecule has 0 aromatic carbocycles. The Morgan fingerprint density at radius 3 is 2.69 bits per heavy atom. The fraction of sp³-hybridized carbons (Fsp3) is 0.300. The van der Waals surface area contributed by atoms with E-state index >= 15 is 0 Å². The number of thiophene rings is 1. The summed E-state index contributed by atoms with van der Waals surface area (Å²) in [5, 5.41) is 11.3. The fourth-order valence-electron chi connectivity index (χ4n) is 1.66. The molecule has 1 aliphatic carbocycles. The first kappa shape index (κ1) is 11.2. The Morgan fingerprint density at radius 2 is 2.06 bits per heavy atom. The number of alkyl halides is 3. The first-order chi connectivity index (χ1) is 7.41. The summed E-state index contributed by atoms with van der Waals surface area (Å²) in [6.45, 7) is 0. The van der Waals surface area contributed by atoms with Gasteiger partial charge >= 0.3 is 6.18 Å². The Hall–Kier alpha value is -1.30. The monoisotopic (exact) mass is 248 g/mol. The van der Waals surface area contributed by atoms with Gasteiger partial charge in [-0.25, -0.2) is 0 Å². The third-order valence-corrected chi connectivity index (χ3v) is 3.40. The lowest BCUT2D eigenvalue weighted by atomic mass is 9.94. The number of halogens is 3. The Morgan fingerprint density at radius 1 is 1.38 bits per heavy atom. The number of aryl methyl sites for hydroxylation is 1. The fourth-order valence-corrected chi connectivity index (χ4v) is 2.54. The van der Waals surface area contributed by atoms with Crippen LogP contribution < -0.4 is 0 Å². The molecule has 0 atom stereocenters. The van der Waals surface area contributed by atoms with Gasteiger partial charge in [0.15, 0.2) is 0 Å². The molecule has 2 rings (SSSR count). The van der Waals surface area contributed by atoms with Crippen LogP contribution in [0.4, 0.5) is 13.2 Å². The van der Waals surface area contributed by atoms with Crippen LogP contribution in [0.25, 0.3) is 5.76 Å². The lowest BCUT2D eigenvalue weighted by molar-refractivity contribution is -0.166. The van der Waals surface area contributed by atoms with Crippen molar-refractivity contribution < 1.29 is 23.1 Å². The van der Waals surface area contributed by atoms with Crippen molar-refractivity contribution in [3.63, 3.8) is 0 Å². The highest BCUT2D eigenvalue weighted by atomic mass is 32.1. The number of aliphatic hydroxyl groups excluding tert-OH is 1. The summed E-state index contributed by atoms with van der Waals surface area (Å²) >= 11 is 1.36. The molecule has 1 aromatic heterocycles. The molecule has 0 aliphatic heterocycles. The van der Waals surface area contributed by atoms with Gasteiger partial charge < -0.3 is 5.11 Å². The highest BCUT2D eigenvalue weighted by molar-refractivity contribution is 7.10. The molecule has 0 bridgehead atoms. The predicted molar refractivity (Wildman–Crippen MR) is 53.3 cm³/mol. The van der Waals surface area contributed by atoms with E-state index in [2.05, 4.69) is 0 Å². The molecule has 6 heteroatoms. The number of hydrogen-bond acceptors (Lipinski definition) is 3. The summed E-state index contributed by atoms with van der Waals surface area (Å²) < 4.78 is 36.7. The van der Waals surface area contributed by atoms with E-state index in [0.29, 0.717) is 12.0 Å². The zero-order valence-electron chi connectivity index (χ0n) is 7.97. The van der Waals surface area contributed by atoms with Crippen LogP contribution in [0, 0.1) is 0 Å².